The summed E-state index contributed by atoms with van der Waals surface area (Å²) in [5, 5.41) is 7.71. The van der Waals surface area contributed by atoms with Gasteiger partial charge in [0.25, 0.3) is 0 Å². The Kier molecular flexibility index (Phi) is 6.49. The van der Waals surface area contributed by atoms with Gasteiger partial charge in [-0.3, -0.25) is 9.59 Å². The van der Waals surface area contributed by atoms with Crippen molar-refractivity contribution in [3.8, 4) is 5.69 Å². The Labute approximate surface area is 163 Å². The topological polar surface area (TPSA) is 91.6 Å². The van der Waals surface area contributed by atoms with Gasteiger partial charge in [0.1, 0.15) is 12.3 Å². The average Bonchev–Trinajstić information content (AvgIpc) is 3.26. The summed E-state index contributed by atoms with van der Waals surface area (Å²) in [5.41, 5.74) is 1.39. The Morgan fingerprint density at radius 3 is 2.46 bits per heavy atom. The second kappa shape index (κ2) is 9.23. The lowest BCUT2D eigenvalue weighted by molar-refractivity contribution is -0.135. The van der Waals surface area contributed by atoms with Crippen molar-refractivity contribution in [3.05, 3.63) is 36.7 Å². The van der Waals surface area contributed by atoms with Crippen molar-refractivity contribution in [2.24, 2.45) is 0 Å². The van der Waals surface area contributed by atoms with Gasteiger partial charge in [0.05, 0.1) is 18.1 Å². The molecule has 148 valence electrons. The van der Waals surface area contributed by atoms with E-state index in [1.807, 2.05) is 7.05 Å². The van der Waals surface area contributed by atoms with E-state index in [4.69, 9.17) is 0 Å². The van der Waals surface area contributed by atoms with Crippen molar-refractivity contribution in [1.29, 1.82) is 0 Å². The van der Waals surface area contributed by atoms with E-state index in [9.17, 15) is 14.4 Å². The summed E-state index contributed by atoms with van der Waals surface area (Å²) in [6, 6.07) is 6.42. The predicted molar refractivity (Wildman–Crippen MR) is 103 cm³/mol. The standard InChI is InChI=1S/C19H24N6O3/c1-22-10-12-23(13-11-22)19(28)18(3-2-14-26)24(15-27)16-4-6-17(7-5-16)25-9-8-20-21-25/h4-9,14-15,18H,2-3,10-13H2,1H3/t18-/m0/s1. The normalized spacial score (nSPS) is 15.8. The zero-order valence-electron chi connectivity index (χ0n) is 15.8. The van der Waals surface area contributed by atoms with Gasteiger partial charge in [-0.1, -0.05) is 5.21 Å². The molecule has 1 aromatic heterocycles. The lowest BCUT2D eigenvalue weighted by Crippen LogP contribution is -2.54. The van der Waals surface area contributed by atoms with Crippen molar-refractivity contribution in [3.63, 3.8) is 0 Å². The summed E-state index contributed by atoms with van der Waals surface area (Å²) < 4.78 is 1.61. The zero-order valence-corrected chi connectivity index (χ0v) is 15.8. The molecule has 9 heteroatoms. The molecular weight excluding hydrogens is 360 g/mol. The van der Waals surface area contributed by atoms with Gasteiger partial charge in [-0.25, -0.2) is 4.68 Å². The molecule has 1 aromatic carbocycles. The number of carbonyl (C=O) groups excluding carboxylic acids is 3. The van der Waals surface area contributed by atoms with Crippen LogP contribution in [0.2, 0.25) is 0 Å². The Morgan fingerprint density at radius 1 is 1.18 bits per heavy atom. The highest BCUT2D eigenvalue weighted by atomic mass is 16.2. The summed E-state index contributed by atoms with van der Waals surface area (Å²) in [5.74, 6) is -0.123. The number of hydrogen-bond donors (Lipinski definition) is 0. The summed E-state index contributed by atoms with van der Waals surface area (Å²) in [6.45, 7) is 2.81. The SMILES string of the molecule is CN1CCN(C(=O)[C@H](CCC=O)N(C=O)c2ccc(-n3ccnn3)cc2)CC1. The molecule has 2 aromatic rings. The molecule has 2 amide bonds. The van der Waals surface area contributed by atoms with Gasteiger partial charge in [0.2, 0.25) is 12.3 Å². The third kappa shape index (κ3) is 4.42. The number of amides is 2. The summed E-state index contributed by atoms with van der Waals surface area (Å²) in [4.78, 5) is 41.3. The predicted octanol–water partition coefficient (Wildman–Crippen LogP) is 0.352. The third-order valence-corrected chi connectivity index (χ3v) is 4.94. The fourth-order valence-corrected chi connectivity index (χ4v) is 3.28. The van der Waals surface area contributed by atoms with Crippen LogP contribution in [0.25, 0.3) is 5.69 Å². The van der Waals surface area contributed by atoms with Gasteiger partial charge in [-0.2, -0.15) is 0 Å². The number of likely N-dealkylation sites (N-methyl/N-ethyl adjacent to an activating group) is 1. The van der Waals surface area contributed by atoms with Crippen LogP contribution in [0, 0.1) is 0 Å². The van der Waals surface area contributed by atoms with Crippen molar-refractivity contribution >= 4 is 24.3 Å². The molecule has 9 nitrogen and oxygen atoms in total. The van der Waals surface area contributed by atoms with Crippen LogP contribution < -0.4 is 4.90 Å². The van der Waals surface area contributed by atoms with Crippen LogP contribution in [0.4, 0.5) is 5.69 Å². The monoisotopic (exact) mass is 384 g/mol. The highest BCUT2D eigenvalue weighted by molar-refractivity contribution is 5.92. The highest BCUT2D eigenvalue weighted by Crippen LogP contribution is 2.21. The van der Waals surface area contributed by atoms with Crippen molar-refractivity contribution in [2.45, 2.75) is 18.9 Å². The molecule has 0 unspecified atom stereocenters. The molecule has 1 aliphatic heterocycles. The Balaban J connectivity index is 1.81. The van der Waals surface area contributed by atoms with Crippen LogP contribution in [-0.2, 0) is 14.4 Å². The number of benzene rings is 1. The molecule has 2 heterocycles. The maximum absolute atomic E-state index is 13.1. The number of hydrogen-bond acceptors (Lipinski definition) is 6. The van der Waals surface area contributed by atoms with Crippen molar-refractivity contribution in [2.75, 3.05) is 38.1 Å². The lowest BCUT2D eigenvalue weighted by atomic mass is 10.1. The van der Waals surface area contributed by atoms with E-state index < -0.39 is 6.04 Å². The molecule has 1 saturated heterocycles. The van der Waals surface area contributed by atoms with Crippen molar-refractivity contribution in [1.82, 2.24) is 24.8 Å². The maximum Gasteiger partial charge on any atom is 0.245 e. The number of anilines is 1. The number of carbonyl (C=O) groups is 3. The van der Waals surface area contributed by atoms with Crippen LogP contribution in [0.5, 0.6) is 0 Å². The lowest BCUT2D eigenvalue weighted by Gasteiger charge is -2.37. The minimum Gasteiger partial charge on any atom is -0.338 e. The van der Waals surface area contributed by atoms with E-state index in [1.54, 1.807) is 46.2 Å². The van der Waals surface area contributed by atoms with Gasteiger partial charge in [0, 0.05) is 38.3 Å². The number of nitrogens with zero attached hydrogens (tertiary/aromatic N) is 6. The van der Waals surface area contributed by atoms with E-state index in [-0.39, 0.29) is 18.7 Å². The van der Waals surface area contributed by atoms with Gasteiger partial charge in [0.15, 0.2) is 0 Å². The van der Waals surface area contributed by atoms with E-state index in [0.717, 1.165) is 25.1 Å². The number of aromatic nitrogens is 3. The maximum atomic E-state index is 13.1. The molecular formula is C19H24N6O3. The Morgan fingerprint density at radius 2 is 1.89 bits per heavy atom. The molecule has 1 atom stereocenters. The average molecular weight is 384 g/mol. The Hall–Kier alpha value is -3.07. The highest BCUT2D eigenvalue weighted by Gasteiger charge is 2.31. The minimum atomic E-state index is -0.705. The zero-order chi connectivity index (χ0) is 19.9. The van der Waals surface area contributed by atoms with E-state index >= 15 is 0 Å². The fourth-order valence-electron chi connectivity index (χ4n) is 3.28. The first kappa shape index (κ1) is 19.7. The fraction of sp³-hybridized carbons (Fsp3) is 0.421. The van der Waals surface area contributed by atoms with E-state index in [0.29, 0.717) is 25.2 Å². The molecule has 28 heavy (non-hydrogen) atoms. The molecule has 0 bridgehead atoms. The van der Waals surface area contributed by atoms with Crippen LogP contribution >= 0.6 is 0 Å². The first-order chi connectivity index (χ1) is 13.6. The molecule has 0 spiro atoms. The number of rotatable bonds is 8. The summed E-state index contributed by atoms with van der Waals surface area (Å²) >= 11 is 0. The Bertz CT molecular complexity index is 785. The number of piperazine rings is 1. The van der Waals surface area contributed by atoms with Gasteiger partial charge in [-0.15, -0.1) is 5.10 Å². The van der Waals surface area contributed by atoms with E-state index in [1.165, 1.54) is 4.90 Å². The van der Waals surface area contributed by atoms with Crippen LogP contribution in [0.3, 0.4) is 0 Å². The first-order valence-electron chi connectivity index (χ1n) is 9.25. The second-order valence-electron chi connectivity index (χ2n) is 6.77. The largest absolute Gasteiger partial charge is 0.338 e. The molecule has 1 aliphatic rings. The molecule has 0 N–H and O–H groups in total. The number of aldehydes is 1. The smallest absolute Gasteiger partial charge is 0.245 e. The molecule has 0 saturated carbocycles. The van der Waals surface area contributed by atoms with Gasteiger partial charge < -0.3 is 19.5 Å². The van der Waals surface area contributed by atoms with Gasteiger partial charge >= 0.3 is 0 Å². The van der Waals surface area contributed by atoms with E-state index in [2.05, 4.69) is 15.2 Å². The van der Waals surface area contributed by atoms with Crippen LogP contribution in [0.1, 0.15) is 12.8 Å². The summed E-state index contributed by atoms with van der Waals surface area (Å²) in [6.07, 6.45) is 5.24. The van der Waals surface area contributed by atoms with Crippen LogP contribution in [-0.4, -0.2) is 82.7 Å². The van der Waals surface area contributed by atoms with Crippen molar-refractivity contribution < 1.29 is 14.4 Å². The van der Waals surface area contributed by atoms with Crippen LogP contribution in [0.15, 0.2) is 36.7 Å². The quantitative estimate of drug-likeness (QED) is 0.610. The molecule has 3 rings (SSSR count). The summed E-state index contributed by atoms with van der Waals surface area (Å²) in [7, 11) is 2.01. The molecule has 0 aliphatic carbocycles. The minimum absolute atomic E-state index is 0.123. The third-order valence-electron chi connectivity index (χ3n) is 4.94. The first-order valence-corrected chi connectivity index (χ1v) is 9.25. The molecule has 1 fully saturated rings. The molecule has 0 radical (unpaired) electrons. The second-order valence-corrected chi connectivity index (χ2v) is 6.77. The van der Waals surface area contributed by atoms with Gasteiger partial charge in [-0.05, 0) is 37.7 Å².